The Labute approximate surface area is 195 Å². The van der Waals surface area contributed by atoms with E-state index in [9.17, 15) is 5.26 Å². The summed E-state index contributed by atoms with van der Waals surface area (Å²) in [6.45, 7) is 7.52. The molecule has 0 radical (unpaired) electrons. The van der Waals surface area contributed by atoms with Gasteiger partial charge in [-0.05, 0) is 67.9 Å². The Balaban J connectivity index is 1.31. The quantitative estimate of drug-likeness (QED) is 0.673. The van der Waals surface area contributed by atoms with Crippen LogP contribution in [0.15, 0.2) is 48.7 Å². The van der Waals surface area contributed by atoms with Crippen molar-refractivity contribution in [3.63, 3.8) is 0 Å². The third-order valence-corrected chi connectivity index (χ3v) is 7.85. The topological polar surface area (TPSA) is 58.4 Å². The molecule has 3 aromatic rings. The van der Waals surface area contributed by atoms with Crippen LogP contribution in [0.2, 0.25) is 0 Å². The van der Waals surface area contributed by atoms with E-state index in [1.807, 2.05) is 12.1 Å². The van der Waals surface area contributed by atoms with Crippen molar-refractivity contribution < 1.29 is 0 Å². The predicted molar refractivity (Wildman–Crippen MR) is 133 cm³/mol. The van der Waals surface area contributed by atoms with Gasteiger partial charge in [-0.1, -0.05) is 6.07 Å². The summed E-state index contributed by atoms with van der Waals surface area (Å²) in [5.74, 6) is 0. The van der Waals surface area contributed by atoms with Crippen LogP contribution in [0, 0.1) is 11.3 Å². The Morgan fingerprint density at radius 3 is 2.82 bits per heavy atom. The molecule has 2 fully saturated rings. The summed E-state index contributed by atoms with van der Waals surface area (Å²) in [5.41, 5.74) is 6.93. The molecule has 3 aliphatic rings. The number of likely N-dealkylation sites (N-methyl/N-ethyl adjacent to an activating group) is 1. The maximum Gasteiger partial charge on any atom is 0.101 e. The lowest BCUT2D eigenvalue weighted by molar-refractivity contribution is 0.134. The standard InChI is InChI=1S/C27H30N6/c1-18-14-32(25-8-5-19(13-28)27-24(25)4-3-10-30-27)17-26-23-7-6-22(12-20(23)15-33(18)26)31-11-9-21(16-31)29-2/h3-8,10,12,18,21,26,29H,9,11,14-17H2,1-2H3. The highest BCUT2D eigenvalue weighted by Crippen LogP contribution is 2.42. The molecule has 6 heteroatoms. The first-order valence-electron chi connectivity index (χ1n) is 12.0. The largest absolute Gasteiger partial charge is 0.370 e. The van der Waals surface area contributed by atoms with E-state index in [1.54, 1.807) is 6.20 Å². The van der Waals surface area contributed by atoms with E-state index in [0.29, 0.717) is 23.7 Å². The van der Waals surface area contributed by atoms with Crippen molar-refractivity contribution in [2.24, 2.45) is 0 Å². The predicted octanol–water partition coefficient (Wildman–Crippen LogP) is 3.67. The fourth-order valence-corrected chi connectivity index (χ4v) is 6.06. The molecule has 6 rings (SSSR count). The summed E-state index contributed by atoms with van der Waals surface area (Å²) < 4.78 is 0. The van der Waals surface area contributed by atoms with Gasteiger partial charge >= 0.3 is 0 Å². The van der Waals surface area contributed by atoms with Crippen LogP contribution >= 0.6 is 0 Å². The number of nitriles is 1. The van der Waals surface area contributed by atoms with Crippen molar-refractivity contribution in [1.29, 1.82) is 5.26 Å². The van der Waals surface area contributed by atoms with Crippen molar-refractivity contribution in [2.45, 2.75) is 38.0 Å². The van der Waals surface area contributed by atoms with Gasteiger partial charge in [0.15, 0.2) is 0 Å². The number of fused-ring (bicyclic) bond motifs is 4. The highest BCUT2D eigenvalue weighted by atomic mass is 15.3. The number of hydrogen-bond acceptors (Lipinski definition) is 6. The number of pyridine rings is 1. The number of rotatable bonds is 3. The Bertz CT molecular complexity index is 1250. The maximum absolute atomic E-state index is 9.52. The van der Waals surface area contributed by atoms with Gasteiger partial charge in [-0.2, -0.15) is 5.26 Å². The first-order valence-corrected chi connectivity index (χ1v) is 12.0. The summed E-state index contributed by atoms with van der Waals surface area (Å²) in [4.78, 5) is 12.2. The van der Waals surface area contributed by atoms with E-state index in [2.05, 4.69) is 75.4 Å². The van der Waals surface area contributed by atoms with Crippen molar-refractivity contribution in [1.82, 2.24) is 15.2 Å². The molecule has 2 aromatic carbocycles. The number of anilines is 2. The van der Waals surface area contributed by atoms with Gasteiger partial charge in [0.05, 0.1) is 17.1 Å². The van der Waals surface area contributed by atoms with Gasteiger partial charge in [0, 0.05) is 67.8 Å². The third kappa shape index (κ3) is 3.35. The molecule has 0 aliphatic carbocycles. The summed E-state index contributed by atoms with van der Waals surface area (Å²) >= 11 is 0. The van der Waals surface area contributed by atoms with E-state index in [1.165, 1.54) is 28.9 Å². The molecule has 1 N–H and O–H groups in total. The molecule has 6 nitrogen and oxygen atoms in total. The lowest BCUT2D eigenvalue weighted by atomic mass is 9.99. The van der Waals surface area contributed by atoms with Gasteiger partial charge in [-0.25, -0.2) is 0 Å². The van der Waals surface area contributed by atoms with E-state index in [-0.39, 0.29) is 0 Å². The molecule has 3 atom stereocenters. The fourth-order valence-electron chi connectivity index (χ4n) is 6.06. The SMILES string of the molecule is CNC1CCN(c2ccc3c(c2)CN2C(C)CN(c4ccc(C#N)c5ncccc45)CC32)C1. The zero-order valence-electron chi connectivity index (χ0n) is 19.3. The summed E-state index contributed by atoms with van der Waals surface area (Å²) in [7, 11) is 2.06. The Hall–Kier alpha value is -3.14. The highest BCUT2D eigenvalue weighted by molar-refractivity contribution is 5.95. The van der Waals surface area contributed by atoms with E-state index < -0.39 is 0 Å². The Kier molecular flexibility index (Phi) is 4.97. The van der Waals surface area contributed by atoms with Crippen molar-refractivity contribution in [2.75, 3.05) is 43.0 Å². The Morgan fingerprint density at radius 2 is 2.00 bits per heavy atom. The number of benzene rings is 2. The average Bonchev–Trinajstić information content (AvgIpc) is 3.48. The van der Waals surface area contributed by atoms with Crippen LogP contribution in [0.4, 0.5) is 11.4 Å². The van der Waals surface area contributed by atoms with Gasteiger partial charge in [-0.3, -0.25) is 9.88 Å². The van der Waals surface area contributed by atoms with Crippen molar-refractivity contribution in [3.8, 4) is 6.07 Å². The van der Waals surface area contributed by atoms with Crippen LogP contribution in [-0.4, -0.2) is 55.2 Å². The van der Waals surface area contributed by atoms with Crippen molar-refractivity contribution >= 4 is 22.3 Å². The summed E-state index contributed by atoms with van der Waals surface area (Å²) in [6, 6.07) is 19.0. The van der Waals surface area contributed by atoms with E-state index in [4.69, 9.17) is 0 Å². The second kappa shape index (κ2) is 8.02. The molecule has 4 heterocycles. The molecule has 0 amide bonds. The number of aromatic nitrogens is 1. The molecule has 0 bridgehead atoms. The minimum Gasteiger partial charge on any atom is -0.370 e. The molecule has 1 aromatic heterocycles. The van der Waals surface area contributed by atoms with E-state index >= 15 is 0 Å². The second-order valence-corrected chi connectivity index (χ2v) is 9.69. The van der Waals surface area contributed by atoms with Gasteiger partial charge in [0.2, 0.25) is 0 Å². The first kappa shape index (κ1) is 20.5. The van der Waals surface area contributed by atoms with Gasteiger partial charge in [0.1, 0.15) is 6.07 Å². The van der Waals surface area contributed by atoms with Gasteiger partial charge in [0.25, 0.3) is 0 Å². The zero-order chi connectivity index (χ0) is 22.5. The van der Waals surface area contributed by atoms with E-state index in [0.717, 1.165) is 43.6 Å². The second-order valence-electron chi connectivity index (χ2n) is 9.69. The fraction of sp³-hybridized carbons (Fsp3) is 0.407. The van der Waals surface area contributed by atoms with Crippen LogP contribution in [0.5, 0.6) is 0 Å². The van der Waals surface area contributed by atoms with Crippen LogP contribution in [0.3, 0.4) is 0 Å². The Morgan fingerprint density at radius 1 is 1.09 bits per heavy atom. The smallest absolute Gasteiger partial charge is 0.101 e. The lowest BCUT2D eigenvalue weighted by Gasteiger charge is -2.43. The average molecular weight is 439 g/mol. The van der Waals surface area contributed by atoms with Crippen LogP contribution in [-0.2, 0) is 6.54 Å². The summed E-state index contributed by atoms with van der Waals surface area (Å²) in [6.07, 6.45) is 2.99. The molecule has 3 aliphatic heterocycles. The molecule has 2 saturated heterocycles. The van der Waals surface area contributed by atoms with Crippen LogP contribution in [0.1, 0.15) is 36.1 Å². The molecular weight excluding hydrogens is 408 g/mol. The normalized spacial score (nSPS) is 24.7. The minimum atomic E-state index is 0.392. The van der Waals surface area contributed by atoms with Gasteiger partial charge in [-0.15, -0.1) is 0 Å². The number of nitrogens with one attached hydrogen (secondary N) is 1. The summed E-state index contributed by atoms with van der Waals surface area (Å²) in [5, 5.41) is 14.0. The van der Waals surface area contributed by atoms with Crippen LogP contribution < -0.4 is 15.1 Å². The molecule has 0 spiro atoms. The van der Waals surface area contributed by atoms with Crippen molar-refractivity contribution in [3.05, 3.63) is 65.4 Å². The molecular formula is C27H30N6. The molecule has 3 unspecified atom stereocenters. The molecule has 0 saturated carbocycles. The highest BCUT2D eigenvalue weighted by Gasteiger charge is 2.39. The van der Waals surface area contributed by atoms with Gasteiger partial charge < -0.3 is 15.1 Å². The lowest BCUT2D eigenvalue weighted by Crippen LogP contribution is -2.51. The maximum atomic E-state index is 9.52. The number of hydrogen-bond donors (Lipinski definition) is 1. The monoisotopic (exact) mass is 438 g/mol. The molecule has 168 valence electrons. The molecule has 33 heavy (non-hydrogen) atoms. The number of nitrogens with zero attached hydrogens (tertiary/aromatic N) is 5. The minimum absolute atomic E-state index is 0.392. The third-order valence-electron chi connectivity index (χ3n) is 7.85. The van der Waals surface area contributed by atoms with Crippen LogP contribution in [0.25, 0.3) is 10.9 Å². The zero-order valence-corrected chi connectivity index (χ0v) is 19.3. The number of piperazine rings is 1. The first-order chi connectivity index (χ1) is 16.2.